The number of carboxylic acid groups (broad SMARTS) is 1. The van der Waals surface area contributed by atoms with E-state index in [1.165, 1.54) is 0 Å². The average Bonchev–Trinajstić information content (AvgIpc) is 2.97. The largest absolute Gasteiger partial charge is 0.481 e. The number of carboxylic acids is 1. The predicted octanol–water partition coefficient (Wildman–Crippen LogP) is 3.30. The summed E-state index contributed by atoms with van der Waals surface area (Å²) in [5.41, 5.74) is 3.16. The van der Waals surface area contributed by atoms with Gasteiger partial charge in [0.2, 0.25) is 0 Å². The number of carbonyl (C=O) groups is 1. The summed E-state index contributed by atoms with van der Waals surface area (Å²) in [6.45, 7) is 4.57. The average molecular weight is 285 g/mol. The Hall–Kier alpha value is -2.07. The number of fused-ring (bicyclic) bond motifs is 1. The highest BCUT2D eigenvalue weighted by atomic mass is 16.4. The standard InChI is InChI=1S/C17H19NO3/c1-10-7-12(11(2)21-10)9-18-16-8-15(17(19)20)13-5-3-4-6-14(13)16/h3-7,15-16,18H,8-9H2,1-2H3,(H,19,20)/t15-,16+/m0/s1. The molecule has 1 aliphatic rings. The van der Waals surface area contributed by atoms with Gasteiger partial charge in [-0.2, -0.15) is 0 Å². The Morgan fingerprint density at radius 1 is 1.33 bits per heavy atom. The van der Waals surface area contributed by atoms with Crippen molar-refractivity contribution < 1.29 is 14.3 Å². The molecule has 2 aromatic rings. The van der Waals surface area contributed by atoms with E-state index in [1.54, 1.807) is 0 Å². The SMILES string of the molecule is Cc1cc(CN[C@@H]2C[C@H](C(=O)O)c3ccccc32)c(C)o1. The summed E-state index contributed by atoms with van der Waals surface area (Å²) in [7, 11) is 0. The molecule has 0 spiro atoms. The third kappa shape index (κ3) is 2.59. The number of nitrogens with one attached hydrogen (secondary N) is 1. The van der Waals surface area contributed by atoms with E-state index in [0.717, 1.165) is 28.2 Å². The van der Waals surface area contributed by atoms with Crippen molar-refractivity contribution in [1.29, 1.82) is 0 Å². The van der Waals surface area contributed by atoms with Gasteiger partial charge in [0, 0.05) is 18.2 Å². The Morgan fingerprint density at radius 2 is 2.05 bits per heavy atom. The summed E-state index contributed by atoms with van der Waals surface area (Å²) >= 11 is 0. The van der Waals surface area contributed by atoms with Gasteiger partial charge in [-0.25, -0.2) is 0 Å². The van der Waals surface area contributed by atoms with E-state index in [-0.39, 0.29) is 6.04 Å². The second kappa shape index (κ2) is 5.37. The van der Waals surface area contributed by atoms with Crippen LogP contribution in [-0.4, -0.2) is 11.1 Å². The molecule has 1 aliphatic carbocycles. The molecule has 4 nitrogen and oxygen atoms in total. The Labute approximate surface area is 123 Å². The molecule has 0 fully saturated rings. The van der Waals surface area contributed by atoms with Crippen LogP contribution in [0.25, 0.3) is 0 Å². The van der Waals surface area contributed by atoms with Crippen LogP contribution in [-0.2, 0) is 11.3 Å². The van der Waals surface area contributed by atoms with E-state index in [0.29, 0.717) is 13.0 Å². The van der Waals surface area contributed by atoms with Gasteiger partial charge in [-0.1, -0.05) is 24.3 Å². The summed E-state index contributed by atoms with van der Waals surface area (Å²) in [6, 6.07) is 9.91. The Kier molecular flexibility index (Phi) is 3.55. The zero-order valence-electron chi connectivity index (χ0n) is 12.2. The fourth-order valence-corrected chi connectivity index (χ4v) is 3.15. The molecule has 2 N–H and O–H groups in total. The molecule has 0 radical (unpaired) electrons. The van der Waals surface area contributed by atoms with Gasteiger partial charge in [0.1, 0.15) is 11.5 Å². The van der Waals surface area contributed by atoms with Crippen molar-refractivity contribution in [3.63, 3.8) is 0 Å². The highest BCUT2D eigenvalue weighted by molar-refractivity contribution is 5.78. The van der Waals surface area contributed by atoms with E-state index < -0.39 is 11.9 Å². The number of rotatable bonds is 4. The summed E-state index contributed by atoms with van der Waals surface area (Å²) in [5, 5.41) is 12.8. The molecule has 0 unspecified atom stereocenters. The van der Waals surface area contributed by atoms with Gasteiger partial charge in [-0.15, -0.1) is 0 Å². The van der Waals surface area contributed by atoms with E-state index in [4.69, 9.17) is 4.42 Å². The van der Waals surface area contributed by atoms with Crippen molar-refractivity contribution in [2.75, 3.05) is 0 Å². The van der Waals surface area contributed by atoms with Crippen LogP contribution in [0.2, 0.25) is 0 Å². The molecule has 1 aromatic carbocycles. The molecule has 21 heavy (non-hydrogen) atoms. The van der Waals surface area contributed by atoms with Crippen LogP contribution in [0.3, 0.4) is 0 Å². The van der Waals surface area contributed by atoms with Crippen molar-refractivity contribution in [3.8, 4) is 0 Å². The lowest BCUT2D eigenvalue weighted by Crippen LogP contribution is -2.19. The Balaban J connectivity index is 1.78. The van der Waals surface area contributed by atoms with Gasteiger partial charge in [-0.3, -0.25) is 4.79 Å². The molecule has 110 valence electrons. The first-order valence-electron chi connectivity index (χ1n) is 7.17. The van der Waals surface area contributed by atoms with Gasteiger partial charge >= 0.3 is 5.97 Å². The topological polar surface area (TPSA) is 62.5 Å². The summed E-state index contributed by atoms with van der Waals surface area (Å²) < 4.78 is 5.52. The molecule has 0 saturated heterocycles. The maximum atomic E-state index is 11.4. The number of aryl methyl sites for hydroxylation is 2. The number of benzene rings is 1. The molecular formula is C17H19NO3. The highest BCUT2D eigenvalue weighted by Gasteiger charge is 2.34. The van der Waals surface area contributed by atoms with Crippen LogP contribution in [0, 0.1) is 13.8 Å². The van der Waals surface area contributed by atoms with Crippen molar-refractivity contribution in [3.05, 3.63) is 58.5 Å². The van der Waals surface area contributed by atoms with E-state index in [9.17, 15) is 9.90 Å². The molecule has 4 heteroatoms. The van der Waals surface area contributed by atoms with Crippen LogP contribution in [0.4, 0.5) is 0 Å². The summed E-state index contributed by atoms with van der Waals surface area (Å²) in [5.74, 6) is 0.661. The first kappa shape index (κ1) is 13.9. The van der Waals surface area contributed by atoms with Crippen molar-refractivity contribution >= 4 is 5.97 Å². The molecular weight excluding hydrogens is 266 g/mol. The Bertz CT molecular complexity index is 674. The van der Waals surface area contributed by atoms with Gasteiger partial charge in [0.25, 0.3) is 0 Å². The number of hydrogen-bond acceptors (Lipinski definition) is 3. The first-order chi connectivity index (χ1) is 10.1. The summed E-state index contributed by atoms with van der Waals surface area (Å²) in [6.07, 6.45) is 0.602. The van der Waals surface area contributed by atoms with Gasteiger partial charge in [-0.05, 0) is 37.5 Å². The Morgan fingerprint density at radius 3 is 2.67 bits per heavy atom. The number of furan rings is 1. The summed E-state index contributed by atoms with van der Waals surface area (Å²) in [4.78, 5) is 11.4. The van der Waals surface area contributed by atoms with E-state index in [2.05, 4.69) is 5.32 Å². The van der Waals surface area contributed by atoms with Gasteiger partial charge < -0.3 is 14.8 Å². The minimum absolute atomic E-state index is 0.0805. The molecule has 0 amide bonds. The van der Waals surface area contributed by atoms with Crippen molar-refractivity contribution in [2.24, 2.45) is 0 Å². The smallest absolute Gasteiger partial charge is 0.311 e. The molecule has 1 aromatic heterocycles. The molecule has 0 saturated carbocycles. The van der Waals surface area contributed by atoms with Crippen molar-refractivity contribution in [1.82, 2.24) is 5.32 Å². The van der Waals surface area contributed by atoms with Crippen LogP contribution >= 0.6 is 0 Å². The highest BCUT2D eigenvalue weighted by Crippen LogP contribution is 2.40. The molecule has 1 heterocycles. The van der Waals surface area contributed by atoms with Crippen LogP contribution in [0.5, 0.6) is 0 Å². The minimum atomic E-state index is -0.748. The maximum absolute atomic E-state index is 11.4. The maximum Gasteiger partial charge on any atom is 0.311 e. The zero-order chi connectivity index (χ0) is 15.0. The number of aliphatic carboxylic acids is 1. The first-order valence-corrected chi connectivity index (χ1v) is 7.17. The quantitative estimate of drug-likeness (QED) is 0.904. The van der Waals surface area contributed by atoms with Gasteiger partial charge in [0.05, 0.1) is 5.92 Å². The molecule has 0 aliphatic heterocycles. The third-order valence-corrected chi connectivity index (χ3v) is 4.20. The second-order valence-corrected chi connectivity index (χ2v) is 5.63. The fourth-order valence-electron chi connectivity index (χ4n) is 3.15. The lowest BCUT2D eigenvalue weighted by molar-refractivity contribution is -0.138. The predicted molar refractivity (Wildman–Crippen MR) is 79.2 cm³/mol. The normalized spacial score (nSPS) is 20.5. The van der Waals surface area contributed by atoms with E-state index in [1.807, 2.05) is 44.2 Å². The third-order valence-electron chi connectivity index (χ3n) is 4.20. The van der Waals surface area contributed by atoms with Gasteiger partial charge in [0.15, 0.2) is 0 Å². The minimum Gasteiger partial charge on any atom is -0.481 e. The molecule has 3 rings (SSSR count). The monoisotopic (exact) mass is 285 g/mol. The second-order valence-electron chi connectivity index (χ2n) is 5.63. The fraction of sp³-hybridized carbons (Fsp3) is 0.353. The van der Waals surface area contributed by atoms with Crippen LogP contribution in [0.15, 0.2) is 34.7 Å². The van der Waals surface area contributed by atoms with Crippen LogP contribution in [0.1, 0.15) is 46.6 Å². The van der Waals surface area contributed by atoms with Crippen molar-refractivity contribution in [2.45, 2.75) is 38.8 Å². The molecule has 0 bridgehead atoms. The number of hydrogen-bond donors (Lipinski definition) is 2. The lowest BCUT2D eigenvalue weighted by atomic mass is 10.0. The lowest BCUT2D eigenvalue weighted by Gasteiger charge is -2.13. The zero-order valence-corrected chi connectivity index (χ0v) is 12.2. The molecule has 2 atom stereocenters. The van der Waals surface area contributed by atoms with Crippen LogP contribution < -0.4 is 5.32 Å². The van der Waals surface area contributed by atoms with E-state index >= 15 is 0 Å².